The van der Waals surface area contributed by atoms with Crippen LogP contribution in [0.5, 0.6) is 0 Å². The van der Waals surface area contributed by atoms with Crippen molar-refractivity contribution >= 4 is 22.7 Å². The summed E-state index contributed by atoms with van der Waals surface area (Å²) in [5.74, 6) is 2.18. The summed E-state index contributed by atoms with van der Waals surface area (Å²) in [4.78, 5) is 15.7. The van der Waals surface area contributed by atoms with Crippen molar-refractivity contribution in [2.75, 3.05) is 18.8 Å². The zero-order valence-electron chi connectivity index (χ0n) is 23.9. The molecule has 10 nitrogen and oxygen atoms in total. The number of aliphatic hydroxyl groups is 2. The normalized spacial score (nSPS) is 33.6. The molecule has 6 rings (SSSR count). The Balaban J connectivity index is 0.999. The second-order valence-corrected chi connectivity index (χ2v) is 12.9. The Morgan fingerprint density at radius 3 is 2.75 bits per heavy atom. The molecule has 5 N–H and O–H groups in total. The number of aromatic nitrogens is 3. The fraction of sp³-hybridized carbons (Fsp3) is 0.633. The topological polar surface area (TPSA) is 134 Å². The van der Waals surface area contributed by atoms with Gasteiger partial charge in [-0.05, 0) is 48.8 Å². The molecule has 2 aromatic heterocycles. The first-order valence-corrected chi connectivity index (χ1v) is 14.7. The molecule has 0 radical (unpaired) electrons. The number of nitrogen functional groups attached to an aromatic ring is 1. The average Bonchev–Trinajstić information content (AvgIpc) is 3.58. The molecule has 2 aromatic rings. The van der Waals surface area contributed by atoms with Crippen LogP contribution in [0.15, 0.2) is 47.4 Å². The predicted octanol–water partition coefficient (Wildman–Crippen LogP) is 2.79. The molecular weight excluding hydrogens is 506 g/mol. The Hall–Kier alpha value is -2.79. The van der Waals surface area contributed by atoms with E-state index in [4.69, 9.17) is 15.5 Å². The van der Waals surface area contributed by atoms with Crippen LogP contribution in [0, 0.1) is 11.3 Å². The average molecular weight is 550 g/mol. The number of aliphatic imine (C=N–C) groups is 1. The van der Waals surface area contributed by atoms with Gasteiger partial charge in [0.25, 0.3) is 0 Å². The van der Waals surface area contributed by atoms with Crippen LogP contribution in [-0.4, -0.2) is 85.0 Å². The van der Waals surface area contributed by atoms with E-state index >= 15 is 0 Å². The maximum absolute atomic E-state index is 10.9. The minimum Gasteiger partial charge on any atom is -0.387 e. The summed E-state index contributed by atoms with van der Waals surface area (Å²) < 4.78 is 7.97. The summed E-state index contributed by atoms with van der Waals surface area (Å²) >= 11 is 0. The van der Waals surface area contributed by atoms with Crippen LogP contribution in [0.25, 0.3) is 11.0 Å². The first-order valence-electron chi connectivity index (χ1n) is 14.7. The third-order valence-electron chi connectivity index (χ3n) is 9.19. The molecule has 2 fully saturated rings. The molecule has 4 heterocycles. The number of fused-ring (bicyclic) bond motifs is 2. The van der Waals surface area contributed by atoms with Crippen LogP contribution >= 0.6 is 0 Å². The molecule has 6 atom stereocenters. The van der Waals surface area contributed by atoms with Gasteiger partial charge in [-0.3, -0.25) is 9.89 Å². The van der Waals surface area contributed by atoms with Crippen LogP contribution in [-0.2, 0) is 4.74 Å². The summed E-state index contributed by atoms with van der Waals surface area (Å²) in [5.41, 5.74) is 8.08. The van der Waals surface area contributed by atoms with Gasteiger partial charge in [0.05, 0.1) is 23.3 Å². The molecule has 40 heavy (non-hydrogen) atoms. The highest BCUT2D eigenvalue weighted by molar-refractivity contribution is 5.86. The van der Waals surface area contributed by atoms with Gasteiger partial charge in [0.15, 0.2) is 6.23 Å². The number of ether oxygens (including phenoxy) is 1. The molecule has 2 aliphatic carbocycles. The van der Waals surface area contributed by atoms with E-state index in [1.54, 1.807) is 10.8 Å². The number of allylic oxidation sites excluding steroid dienone is 2. The SMILES string of the molecule is CCN(C[C@H]1O[C@@H](n2ccc3c(N)ncnc32)[C@H](O)[C@@H]1O)C1CC(CCC2=NC3C=CC(C(C)(C)C)=CC3N2)C1. The largest absolute Gasteiger partial charge is 0.387 e. The van der Waals surface area contributed by atoms with Crippen molar-refractivity contribution in [1.29, 1.82) is 0 Å². The minimum absolute atomic E-state index is 0.150. The minimum atomic E-state index is -1.06. The van der Waals surface area contributed by atoms with E-state index in [-0.39, 0.29) is 17.5 Å². The molecule has 1 saturated carbocycles. The Kier molecular flexibility index (Phi) is 7.23. The molecule has 0 amide bonds. The smallest absolute Gasteiger partial charge is 0.164 e. The lowest BCUT2D eigenvalue weighted by Gasteiger charge is -2.43. The van der Waals surface area contributed by atoms with Crippen LogP contribution in [0.1, 0.15) is 59.6 Å². The van der Waals surface area contributed by atoms with Gasteiger partial charge >= 0.3 is 0 Å². The maximum atomic E-state index is 10.9. The Morgan fingerprint density at radius 2 is 2.00 bits per heavy atom. The summed E-state index contributed by atoms with van der Waals surface area (Å²) in [6, 6.07) is 2.77. The van der Waals surface area contributed by atoms with E-state index in [1.165, 1.54) is 11.9 Å². The van der Waals surface area contributed by atoms with Gasteiger partial charge in [-0.1, -0.05) is 45.9 Å². The fourth-order valence-electron chi connectivity index (χ4n) is 6.61. The summed E-state index contributed by atoms with van der Waals surface area (Å²) in [7, 11) is 0. The highest BCUT2D eigenvalue weighted by Gasteiger charge is 2.46. The fourth-order valence-corrected chi connectivity index (χ4v) is 6.61. The van der Waals surface area contributed by atoms with E-state index in [9.17, 15) is 10.2 Å². The van der Waals surface area contributed by atoms with Crippen LogP contribution in [0.2, 0.25) is 0 Å². The van der Waals surface area contributed by atoms with Crippen molar-refractivity contribution in [2.45, 2.75) is 96.0 Å². The van der Waals surface area contributed by atoms with Crippen molar-refractivity contribution in [3.05, 3.63) is 42.4 Å². The first kappa shape index (κ1) is 27.4. The number of aliphatic hydroxyl groups excluding tert-OH is 2. The number of nitrogens with two attached hydrogens (primary N) is 1. The van der Waals surface area contributed by atoms with E-state index in [1.807, 2.05) is 6.07 Å². The van der Waals surface area contributed by atoms with Crippen LogP contribution in [0.4, 0.5) is 5.82 Å². The quantitative estimate of drug-likeness (QED) is 0.395. The Labute approximate surface area is 236 Å². The Bertz CT molecular complexity index is 1320. The van der Waals surface area contributed by atoms with Gasteiger partial charge < -0.3 is 30.6 Å². The molecule has 1 saturated heterocycles. The predicted molar refractivity (Wildman–Crippen MR) is 156 cm³/mol. The van der Waals surface area contributed by atoms with E-state index in [0.29, 0.717) is 35.4 Å². The highest BCUT2D eigenvalue weighted by Crippen LogP contribution is 2.38. The van der Waals surface area contributed by atoms with Gasteiger partial charge in [-0.2, -0.15) is 0 Å². The molecule has 0 bridgehead atoms. The standard InChI is InChI=1S/C30H43N7O3/c1-5-36(15-23-25(38)26(39)29(40-23)37-11-10-20-27(31)32-16-33-28(20)37)19-12-17(13-19)6-9-24-34-21-8-7-18(30(2,3)4)14-22(21)35-24/h7-8,10-11,14,16-17,19,21-23,25-26,29,38-39H,5-6,9,12-13,15H2,1-4H3,(H,34,35)(H2,31,32,33)/t17?,19?,21?,22?,23-,25-,26-,29-/m1/s1. The second kappa shape index (κ2) is 10.6. The van der Waals surface area contributed by atoms with E-state index in [0.717, 1.165) is 38.1 Å². The molecule has 2 aliphatic heterocycles. The number of hydrogen-bond acceptors (Lipinski definition) is 9. The molecule has 0 spiro atoms. The maximum Gasteiger partial charge on any atom is 0.164 e. The van der Waals surface area contributed by atoms with Crippen molar-refractivity contribution in [1.82, 2.24) is 24.8 Å². The lowest BCUT2D eigenvalue weighted by Crippen LogP contribution is -2.49. The number of rotatable bonds is 8. The summed E-state index contributed by atoms with van der Waals surface area (Å²) in [6.45, 7) is 10.3. The molecule has 4 aliphatic rings. The van der Waals surface area contributed by atoms with Gasteiger partial charge in [0, 0.05) is 25.2 Å². The lowest BCUT2D eigenvalue weighted by molar-refractivity contribution is -0.0547. The number of amidine groups is 1. The number of hydrogen-bond donors (Lipinski definition) is 4. The van der Waals surface area contributed by atoms with Gasteiger partial charge in [0.1, 0.15) is 36.1 Å². The van der Waals surface area contributed by atoms with Crippen LogP contribution in [0.3, 0.4) is 0 Å². The van der Waals surface area contributed by atoms with Gasteiger partial charge in [-0.15, -0.1) is 0 Å². The molecular formula is C30H43N7O3. The number of anilines is 1. The number of nitrogens with zero attached hydrogens (tertiary/aromatic N) is 5. The lowest BCUT2D eigenvalue weighted by atomic mass is 9.76. The zero-order valence-corrected chi connectivity index (χ0v) is 23.9. The summed E-state index contributed by atoms with van der Waals surface area (Å²) in [5, 5.41) is 26.1. The summed E-state index contributed by atoms with van der Waals surface area (Å²) in [6.07, 6.45) is 11.1. The molecule has 2 unspecified atom stereocenters. The van der Waals surface area contributed by atoms with Crippen molar-refractivity contribution in [3.8, 4) is 0 Å². The third kappa shape index (κ3) is 5.06. The van der Waals surface area contributed by atoms with Crippen molar-refractivity contribution in [3.63, 3.8) is 0 Å². The highest BCUT2D eigenvalue weighted by atomic mass is 16.6. The molecule has 0 aromatic carbocycles. The first-order chi connectivity index (χ1) is 19.1. The Morgan fingerprint density at radius 1 is 1.20 bits per heavy atom. The monoisotopic (exact) mass is 549 g/mol. The van der Waals surface area contributed by atoms with Crippen LogP contribution < -0.4 is 11.1 Å². The van der Waals surface area contributed by atoms with Crippen molar-refractivity contribution in [2.24, 2.45) is 16.3 Å². The van der Waals surface area contributed by atoms with E-state index < -0.39 is 24.5 Å². The van der Waals surface area contributed by atoms with Gasteiger partial charge in [0.2, 0.25) is 0 Å². The van der Waals surface area contributed by atoms with E-state index in [2.05, 4.69) is 66.1 Å². The van der Waals surface area contributed by atoms with Crippen molar-refractivity contribution < 1.29 is 14.9 Å². The number of nitrogens with one attached hydrogen (secondary N) is 1. The zero-order chi connectivity index (χ0) is 28.2. The second-order valence-electron chi connectivity index (χ2n) is 12.9. The molecule has 10 heteroatoms. The molecule has 216 valence electrons. The number of likely N-dealkylation sites (N-methyl/N-ethyl adjacent to an activating group) is 1. The van der Waals surface area contributed by atoms with Gasteiger partial charge in [-0.25, -0.2) is 9.97 Å². The third-order valence-corrected chi connectivity index (χ3v) is 9.19.